The minimum Gasteiger partial charge on any atom is -0.508 e. The van der Waals surface area contributed by atoms with Gasteiger partial charge < -0.3 is 9.84 Å². The van der Waals surface area contributed by atoms with Crippen LogP contribution in [0.25, 0.3) is 22.3 Å². The zero-order chi connectivity index (χ0) is 21.7. The smallest absolute Gasteiger partial charge is 0.306 e. The lowest BCUT2D eigenvalue weighted by Gasteiger charge is -2.15. The maximum atomic E-state index is 13.9. The van der Waals surface area contributed by atoms with E-state index in [9.17, 15) is 18.7 Å². The Morgan fingerprint density at radius 1 is 1.00 bits per heavy atom. The molecular weight excluding hydrogens is 386 g/mol. The van der Waals surface area contributed by atoms with E-state index in [4.69, 9.17) is 4.74 Å². The largest absolute Gasteiger partial charge is 0.508 e. The fourth-order valence-electron chi connectivity index (χ4n) is 3.52. The lowest BCUT2D eigenvalue weighted by atomic mass is 9.91. The van der Waals surface area contributed by atoms with Gasteiger partial charge in [-0.2, -0.15) is 0 Å². The number of phenolic OH excluding ortho intramolecular Hbond substituents is 1. The molecule has 156 valence electrons. The highest BCUT2D eigenvalue weighted by Gasteiger charge is 2.17. The number of halogens is 2. The van der Waals surface area contributed by atoms with Gasteiger partial charge in [0.2, 0.25) is 0 Å². The Hall–Kier alpha value is -3.21. The fraction of sp³-hybridized carbons (Fsp3) is 0.240. The third-order valence-corrected chi connectivity index (χ3v) is 4.92. The van der Waals surface area contributed by atoms with Crippen LogP contribution in [0, 0.1) is 6.92 Å². The molecule has 3 aromatic carbocycles. The average Bonchev–Trinajstić information content (AvgIpc) is 2.72. The van der Waals surface area contributed by atoms with Gasteiger partial charge in [0.15, 0.2) is 0 Å². The number of alkyl halides is 2. The van der Waals surface area contributed by atoms with Crippen molar-refractivity contribution in [3.05, 3.63) is 77.4 Å². The first-order valence-corrected chi connectivity index (χ1v) is 9.86. The summed E-state index contributed by atoms with van der Waals surface area (Å²) < 4.78 is 32.8. The molecule has 0 bridgehead atoms. The van der Waals surface area contributed by atoms with Crippen molar-refractivity contribution in [2.24, 2.45) is 0 Å². The number of ether oxygens (including phenoxy) is 1. The lowest BCUT2D eigenvalue weighted by molar-refractivity contribution is -0.143. The molecule has 0 saturated carbocycles. The first-order valence-electron chi connectivity index (χ1n) is 9.86. The number of rotatable bonds is 7. The standard InChI is InChI=1S/C25H24F2O3/c1-3-30-24(29)12-8-18-14-20(28)9-11-21(18)19-7-10-22(23(15-19)25(26)27)17-6-4-5-16(2)13-17/h4-7,9-11,13-15,25,28H,3,8,12H2,1-2H3. The predicted octanol–water partition coefficient (Wildman–Crippen LogP) is 6.47. The van der Waals surface area contributed by atoms with E-state index in [2.05, 4.69) is 0 Å². The minimum absolute atomic E-state index is 0.0532. The van der Waals surface area contributed by atoms with Gasteiger partial charge in [-0.15, -0.1) is 0 Å². The second-order valence-corrected chi connectivity index (χ2v) is 7.12. The van der Waals surface area contributed by atoms with Gasteiger partial charge in [0, 0.05) is 12.0 Å². The van der Waals surface area contributed by atoms with Gasteiger partial charge in [-0.1, -0.05) is 48.0 Å². The Bertz CT molecular complexity index is 1040. The highest BCUT2D eigenvalue weighted by Crippen LogP contribution is 2.36. The summed E-state index contributed by atoms with van der Waals surface area (Å²) in [7, 11) is 0. The Kier molecular flexibility index (Phi) is 6.83. The molecule has 0 amide bonds. The monoisotopic (exact) mass is 410 g/mol. The molecule has 0 aromatic heterocycles. The van der Waals surface area contributed by atoms with E-state index in [1.165, 1.54) is 12.1 Å². The molecule has 0 radical (unpaired) electrons. The molecule has 0 aliphatic heterocycles. The van der Waals surface area contributed by atoms with Crippen molar-refractivity contribution in [2.75, 3.05) is 6.61 Å². The number of aryl methyl sites for hydroxylation is 2. The molecule has 30 heavy (non-hydrogen) atoms. The fourth-order valence-corrected chi connectivity index (χ4v) is 3.52. The van der Waals surface area contributed by atoms with Gasteiger partial charge in [0.25, 0.3) is 6.43 Å². The Morgan fingerprint density at radius 2 is 1.73 bits per heavy atom. The van der Waals surface area contributed by atoms with Crippen molar-refractivity contribution in [3.63, 3.8) is 0 Å². The van der Waals surface area contributed by atoms with Gasteiger partial charge >= 0.3 is 5.97 Å². The van der Waals surface area contributed by atoms with Gasteiger partial charge in [0.1, 0.15) is 5.75 Å². The molecular formula is C25H24F2O3. The first-order chi connectivity index (χ1) is 14.4. The van der Waals surface area contributed by atoms with E-state index >= 15 is 0 Å². The molecule has 0 atom stereocenters. The lowest BCUT2D eigenvalue weighted by Crippen LogP contribution is -2.05. The predicted molar refractivity (Wildman–Crippen MR) is 114 cm³/mol. The summed E-state index contributed by atoms with van der Waals surface area (Å²) in [5.74, 6) is -0.280. The molecule has 0 aliphatic carbocycles. The molecule has 3 rings (SSSR count). The van der Waals surface area contributed by atoms with E-state index in [-0.39, 0.29) is 23.7 Å². The zero-order valence-corrected chi connectivity index (χ0v) is 17.0. The van der Waals surface area contributed by atoms with E-state index in [1.807, 2.05) is 31.2 Å². The Balaban J connectivity index is 2.02. The van der Waals surface area contributed by atoms with Crippen LogP contribution in [0.3, 0.4) is 0 Å². The van der Waals surface area contributed by atoms with Gasteiger partial charge in [-0.3, -0.25) is 4.79 Å². The number of hydrogen-bond acceptors (Lipinski definition) is 3. The van der Waals surface area contributed by atoms with Crippen LogP contribution in [0.15, 0.2) is 60.7 Å². The van der Waals surface area contributed by atoms with Crippen molar-refractivity contribution in [2.45, 2.75) is 33.1 Å². The molecule has 0 spiro atoms. The topological polar surface area (TPSA) is 46.5 Å². The van der Waals surface area contributed by atoms with E-state index in [1.54, 1.807) is 31.2 Å². The van der Waals surface area contributed by atoms with Crippen LogP contribution in [0.1, 0.15) is 36.5 Å². The van der Waals surface area contributed by atoms with Crippen LogP contribution >= 0.6 is 0 Å². The average molecular weight is 410 g/mol. The number of carbonyl (C=O) groups is 1. The molecule has 5 heteroatoms. The zero-order valence-electron chi connectivity index (χ0n) is 17.0. The van der Waals surface area contributed by atoms with Crippen LogP contribution < -0.4 is 0 Å². The number of esters is 1. The highest BCUT2D eigenvalue weighted by molar-refractivity contribution is 5.77. The summed E-state index contributed by atoms with van der Waals surface area (Å²) in [6.45, 7) is 3.95. The van der Waals surface area contributed by atoms with Crippen LogP contribution in [-0.2, 0) is 16.0 Å². The molecule has 3 nitrogen and oxygen atoms in total. The molecule has 0 fully saturated rings. The van der Waals surface area contributed by atoms with Crippen molar-refractivity contribution in [3.8, 4) is 28.0 Å². The summed E-state index contributed by atoms with van der Waals surface area (Å²) in [5.41, 5.74) is 4.19. The first kappa shape index (κ1) is 21.5. The molecule has 1 N–H and O–H groups in total. The van der Waals surface area contributed by atoms with Gasteiger partial charge in [0.05, 0.1) is 6.61 Å². The summed E-state index contributed by atoms with van der Waals surface area (Å²) in [5, 5.41) is 9.88. The third kappa shape index (κ3) is 5.03. The SMILES string of the molecule is CCOC(=O)CCc1cc(O)ccc1-c1ccc(-c2cccc(C)c2)c(C(F)F)c1. The second kappa shape index (κ2) is 9.53. The van der Waals surface area contributed by atoms with Crippen molar-refractivity contribution in [1.29, 1.82) is 0 Å². The van der Waals surface area contributed by atoms with Crippen molar-refractivity contribution in [1.82, 2.24) is 0 Å². The highest BCUT2D eigenvalue weighted by atomic mass is 19.3. The van der Waals surface area contributed by atoms with E-state index in [0.717, 1.165) is 11.1 Å². The van der Waals surface area contributed by atoms with Crippen molar-refractivity contribution < 1.29 is 23.4 Å². The van der Waals surface area contributed by atoms with E-state index in [0.29, 0.717) is 35.3 Å². The molecule has 0 aliphatic rings. The van der Waals surface area contributed by atoms with Crippen LogP contribution in [0.2, 0.25) is 0 Å². The Labute approximate surface area is 175 Å². The number of aromatic hydroxyl groups is 1. The Morgan fingerprint density at radius 3 is 2.43 bits per heavy atom. The van der Waals surface area contributed by atoms with Crippen LogP contribution in [-0.4, -0.2) is 17.7 Å². The summed E-state index contributed by atoms with van der Waals surface area (Å²) in [4.78, 5) is 11.7. The number of carbonyl (C=O) groups excluding carboxylic acids is 1. The quantitative estimate of drug-likeness (QED) is 0.454. The molecule has 0 unspecified atom stereocenters. The summed E-state index contributed by atoms with van der Waals surface area (Å²) >= 11 is 0. The second-order valence-electron chi connectivity index (χ2n) is 7.12. The summed E-state index contributed by atoms with van der Waals surface area (Å²) in [6, 6.07) is 17.2. The van der Waals surface area contributed by atoms with E-state index < -0.39 is 6.43 Å². The van der Waals surface area contributed by atoms with Crippen molar-refractivity contribution >= 4 is 5.97 Å². The number of hydrogen-bond donors (Lipinski definition) is 1. The number of benzene rings is 3. The van der Waals surface area contributed by atoms with Crippen LogP contribution in [0.4, 0.5) is 8.78 Å². The third-order valence-electron chi connectivity index (χ3n) is 4.92. The van der Waals surface area contributed by atoms with Gasteiger partial charge in [-0.05, 0) is 66.3 Å². The van der Waals surface area contributed by atoms with Crippen LogP contribution in [0.5, 0.6) is 5.75 Å². The molecule has 0 saturated heterocycles. The maximum Gasteiger partial charge on any atom is 0.306 e. The normalized spacial score (nSPS) is 11.0. The molecule has 0 heterocycles. The minimum atomic E-state index is -2.64. The number of phenols is 1. The maximum absolute atomic E-state index is 13.9. The summed E-state index contributed by atoms with van der Waals surface area (Å²) in [6.07, 6.45) is -2.15. The molecule has 3 aromatic rings. The van der Waals surface area contributed by atoms with Gasteiger partial charge in [-0.25, -0.2) is 8.78 Å².